The molecule has 14 heavy (non-hydrogen) atoms. The van der Waals surface area contributed by atoms with Crippen LogP contribution in [0.5, 0.6) is 0 Å². The Hall–Kier alpha value is -0.970. The maximum Gasteiger partial charge on any atom is 0.333 e. The van der Waals surface area contributed by atoms with Crippen molar-refractivity contribution in [3.05, 3.63) is 12.2 Å². The van der Waals surface area contributed by atoms with E-state index in [1.807, 2.05) is 6.08 Å². The minimum absolute atomic E-state index is 0.330. The summed E-state index contributed by atoms with van der Waals surface area (Å²) < 4.78 is 8.05. The summed E-state index contributed by atoms with van der Waals surface area (Å²) in [5.74, 6) is -0.470. The zero-order chi connectivity index (χ0) is 10.6. The number of ether oxygens (including phenoxy) is 2. The zero-order valence-electron chi connectivity index (χ0n) is 8.11. The fraction of sp³-hybridized carbons (Fsp3) is 0.556. The molecule has 0 unspecified atom stereocenters. The van der Waals surface area contributed by atoms with E-state index in [1.54, 1.807) is 6.08 Å². The standard InChI is InChI=1S/C9H12O4S/c1-12-7(10)9(8(11)13-2)5-3-4-6-14-9/h3-4H,5-6H2,1-2H3. The molecule has 5 heteroatoms. The Balaban J connectivity index is 2.95. The lowest BCUT2D eigenvalue weighted by Crippen LogP contribution is -2.46. The molecule has 0 atom stereocenters. The molecule has 0 saturated heterocycles. The van der Waals surface area contributed by atoms with E-state index in [9.17, 15) is 9.59 Å². The highest BCUT2D eigenvalue weighted by atomic mass is 32.2. The molecule has 0 saturated carbocycles. The van der Waals surface area contributed by atoms with E-state index in [0.29, 0.717) is 12.2 Å². The van der Waals surface area contributed by atoms with Gasteiger partial charge in [0.05, 0.1) is 14.2 Å². The fourth-order valence-electron chi connectivity index (χ4n) is 1.26. The van der Waals surface area contributed by atoms with Gasteiger partial charge in [-0.3, -0.25) is 0 Å². The first-order chi connectivity index (χ1) is 6.67. The molecule has 0 spiro atoms. The van der Waals surface area contributed by atoms with E-state index >= 15 is 0 Å². The molecule has 1 aliphatic heterocycles. The quantitative estimate of drug-likeness (QED) is 0.387. The predicted molar refractivity (Wildman–Crippen MR) is 53.0 cm³/mol. The van der Waals surface area contributed by atoms with E-state index < -0.39 is 16.7 Å². The molecule has 0 amide bonds. The second-order valence-corrected chi connectivity index (χ2v) is 4.12. The van der Waals surface area contributed by atoms with Crippen molar-refractivity contribution in [2.45, 2.75) is 11.2 Å². The van der Waals surface area contributed by atoms with E-state index in [-0.39, 0.29) is 0 Å². The van der Waals surface area contributed by atoms with Gasteiger partial charge in [0.2, 0.25) is 4.75 Å². The van der Waals surface area contributed by atoms with Crippen molar-refractivity contribution in [1.82, 2.24) is 0 Å². The first-order valence-corrected chi connectivity index (χ1v) is 5.11. The Morgan fingerprint density at radius 2 is 1.79 bits per heavy atom. The summed E-state index contributed by atoms with van der Waals surface area (Å²) in [6.45, 7) is 0. The van der Waals surface area contributed by atoms with Crippen LogP contribution >= 0.6 is 11.8 Å². The molecule has 0 aromatic carbocycles. The highest BCUT2D eigenvalue weighted by Crippen LogP contribution is 2.35. The molecule has 1 heterocycles. The molecule has 0 aliphatic carbocycles. The molecular weight excluding hydrogens is 204 g/mol. The highest BCUT2D eigenvalue weighted by Gasteiger charge is 2.48. The number of rotatable bonds is 2. The van der Waals surface area contributed by atoms with Crippen LogP contribution in [0.3, 0.4) is 0 Å². The lowest BCUT2D eigenvalue weighted by atomic mass is 10.0. The number of carbonyl (C=O) groups excluding carboxylic acids is 2. The summed E-state index contributed by atoms with van der Waals surface area (Å²) in [5, 5.41) is 0. The number of allylic oxidation sites excluding steroid dienone is 1. The summed E-state index contributed by atoms with van der Waals surface area (Å²) in [6, 6.07) is 0. The van der Waals surface area contributed by atoms with Crippen LogP contribution in [-0.2, 0) is 19.1 Å². The van der Waals surface area contributed by atoms with Crippen LogP contribution in [0.2, 0.25) is 0 Å². The summed E-state index contributed by atoms with van der Waals surface area (Å²) in [6.07, 6.45) is 4.04. The van der Waals surface area contributed by atoms with Crippen LogP contribution in [0.25, 0.3) is 0 Å². The van der Waals surface area contributed by atoms with Crippen molar-refractivity contribution >= 4 is 23.7 Å². The third-order valence-corrected chi connectivity index (χ3v) is 3.38. The van der Waals surface area contributed by atoms with Crippen molar-refractivity contribution in [2.75, 3.05) is 20.0 Å². The van der Waals surface area contributed by atoms with Crippen molar-refractivity contribution in [1.29, 1.82) is 0 Å². The van der Waals surface area contributed by atoms with Crippen LogP contribution in [0.4, 0.5) is 0 Å². The number of methoxy groups -OCH3 is 2. The van der Waals surface area contributed by atoms with Gasteiger partial charge in [0.15, 0.2) is 0 Å². The molecule has 4 nitrogen and oxygen atoms in total. The van der Waals surface area contributed by atoms with Gasteiger partial charge in [-0.1, -0.05) is 12.2 Å². The maximum atomic E-state index is 11.5. The second kappa shape index (κ2) is 4.50. The molecule has 0 aromatic rings. The molecule has 78 valence electrons. The number of esters is 2. The summed E-state index contributed by atoms with van der Waals surface area (Å²) in [4.78, 5) is 23.0. The lowest BCUT2D eigenvalue weighted by Gasteiger charge is -2.27. The van der Waals surface area contributed by atoms with Crippen LogP contribution in [0, 0.1) is 0 Å². The van der Waals surface area contributed by atoms with Gasteiger partial charge in [-0.25, -0.2) is 9.59 Å². The topological polar surface area (TPSA) is 52.6 Å². The van der Waals surface area contributed by atoms with Crippen molar-refractivity contribution in [3.8, 4) is 0 Å². The number of hydrogen-bond acceptors (Lipinski definition) is 5. The molecule has 1 rings (SSSR count). The monoisotopic (exact) mass is 216 g/mol. The van der Waals surface area contributed by atoms with Crippen LogP contribution in [0.1, 0.15) is 6.42 Å². The average molecular weight is 216 g/mol. The third-order valence-electron chi connectivity index (χ3n) is 2.03. The Morgan fingerprint density at radius 1 is 1.21 bits per heavy atom. The van der Waals surface area contributed by atoms with Crippen molar-refractivity contribution < 1.29 is 19.1 Å². The largest absolute Gasteiger partial charge is 0.468 e. The molecule has 0 radical (unpaired) electrons. The van der Waals surface area contributed by atoms with Gasteiger partial charge in [-0.05, 0) is 0 Å². The average Bonchev–Trinajstić information content (AvgIpc) is 2.27. The molecule has 1 aliphatic rings. The molecule has 0 bridgehead atoms. The number of carbonyl (C=O) groups is 2. The van der Waals surface area contributed by atoms with Crippen molar-refractivity contribution in [2.24, 2.45) is 0 Å². The molecule has 0 aromatic heterocycles. The minimum atomic E-state index is -1.20. The van der Waals surface area contributed by atoms with Crippen LogP contribution in [0.15, 0.2) is 12.2 Å². The fourth-order valence-corrected chi connectivity index (χ4v) is 2.40. The van der Waals surface area contributed by atoms with E-state index in [0.717, 1.165) is 0 Å². The highest BCUT2D eigenvalue weighted by molar-refractivity contribution is 8.02. The maximum absolute atomic E-state index is 11.5. The molecule has 0 N–H and O–H groups in total. The first-order valence-electron chi connectivity index (χ1n) is 4.13. The first kappa shape index (κ1) is 11.1. The van der Waals surface area contributed by atoms with Crippen molar-refractivity contribution in [3.63, 3.8) is 0 Å². The predicted octanol–water partition coefficient (Wildman–Crippen LogP) is 0.764. The van der Waals surface area contributed by atoms with E-state index in [1.165, 1.54) is 26.0 Å². The Bertz CT molecular complexity index is 256. The van der Waals surface area contributed by atoms with Gasteiger partial charge in [0, 0.05) is 12.2 Å². The Labute approximate surface area is 86.6 Å². The lowest BCUT2D eigenvalue weighted by molar-refractivity contribution is -0.155. The van der Waals surface area contributed by atoms with Gasteiger partial charge < -0.3 is 9.47 Å². The van der Waals surface area contributed by atoms with E-state index in [4.69, 9.17) is 0 Å². The molecular formula is C9H12O4S. The normalized spacial score (nSPS) is 18.7. The Kier molecular flexibility index (Phi) is 3.57. The number of hydrogen-bond donors (Lipinski definition) is 0. The van der Waals surface area contributed by atoms with Gasteiger partial charge in [0.1, 0.15) is 0 Å². The smallest absolute Gasteiger partial charge is 0.333 e. The van der Waals surface area contributed by atoms with Gasteiger partial charge in [-0.15, -0.1) is 11.8 Å². The minimum Gasteiger partial charge on any atom is -0.468 e. The van der Waals surface area contributed by atoms with E-state index in [2.05, 4.69) is 9.47 Å². The molecule has 0 fully saturated rings. The second-order valence-electron chi connectivity index (χ2n) is 2.80. The summed E-state index contributed by atoms with van der Waals surface area (Å²) >= 11 is 1.24. The SMILES string of the molecule is COC(=O)C1(C(=O)OC)CC=CCS1. The van der Waals surface area contributed by atoms with Gasteiger partial charge >= 0.3 is 11.9 Å². The Morgan fingerprint density at radius 3 is 2.14 bits per heavy atom. The van der Waals surface area contributed by atoms with Gasteiger partial charge in [0.25, 0.3) is 0 Å². The third kappa shape index (κ3) is 1.77. The van der Waals surface area contributed by atoms with Crippen LogP contribution in [-0.4, -0.2) is 36.7 Å². The van der Waals surface area contributed by atoms with Crippen LogP contribution < -0.4 is 0 Å². The summed E-state index contributed by atoms with van der Waals surface area (Å²) in [7, 11) is 2.54. The van der Waals surface area contributed by atoms with Gasteiger partial charge in [-0.2, -0.15) is 0 Å². The summed E-state index contributed by atoms with van der Waals surface area (Å²) in [5.41, 5.74) is 0. The zero-order valence-corrected chi connectivity index (χ0v) is 8.93. The number of thioether (sulfide) groups is 1.